The lowest BCUT2D eigenvalue weighted by Crippen LogP contribution is -1.98. The Kier molecular flexibility index (Phi) is 9.77. The van der Waals surface area contributed by atoms with Crippen LogP contribution in [0.4, 0.5) is 0 Å². The van der Waals surface area contributed by atoms with Gasteiger partial charge in [0.05, 0.1) is 6.61 Å². The minimum Gasteiger partial charge on any atom is -0.493 e. The molecule has 0 saturated carbocycles. The monoisotopic (exact) mass is 291 g/mol. The molecular formula is C19H31O2. The molecule has 1 rings (SSSR count). The Labute approximate surface area is 130 Å². The molecule has 0 heterocycles. The van der Waals surface area contributed by atoms with Crippen LogP contribution in [0.25, 0.3) is 0 Å². The van der Waals surface area contributed by atoms with Crippen LogP contribution in [0.15, 0.2) is 18.2 Å². The Morgan fingerprint density at radius 3 is 2.05 bits per heavy atom. The van der Waals surface area contributed by atoms with Crippen LogP contribution in [0.3, 0.4) is 0 Å². The van der Waals surface area contributed by atoms with E-state index in [0.717, 1.165) is 24.3 Å². The Balaban J connectivity index is 1.94. The quantitative estimate of drug-likeness (QED) is 0.407. The molecule has 2 heteroatoms. The lowest BCUT2D eigenvalue weighted by Gasteiger charge is -2.09. The Bertz CT molecular complexity index is 374. The van der Waals surface area contributed by atoms with Gasteiger partial charge in [0.25, 0.3) is 0 Å². The van der Waals surface area contributed by atoms with Crippen molar-refractivity contribution in [3.8, 4) is 11.5 Å². The molecule has 0 aliphatic carbocycles. The van der Waals surface area contributed by atoms with Crippen molar-refractivity contribution < 1.29 is 9.84 Å². The second-order valence-electron chi connectivity index (χ2n) is 5.91. The van der Waals surface area contributed by atoms with Crippen molar-refractivity contribution in [2.45, 2.75) is 78.1 Å². The van der Waals surface area contributed by atoms with Crippen LogP contribution in [0.5, 0.6) is 11.5 Å². The van der Waals surface area contributed by atoms with Gasteiger partial charge in [-0.2, -0.15) is 0 Å². The highest BCUT2D eigenvalue weighted by molar-refractivity contribution is 5.42. The van der Waals surface area contributed by atoms with Crippen LogP contribution >= 0.6 is 0 Å². The molecule has 0 unspecified atom stereocenters. The number of rotatable bonds is 12. The first-order valence-electron chi connectivity index (χ1n) is 8.65. The predicted molar refractivity (Wildman–Crippen MR) is 88.7 cm³/mol. The van der Waals surface area contributed by atoms with Crippen molar-refractivity contribution >= 4 is 0 Å². The topological polar surface area (TPSA) is 29.1 Å². The minimum atomic E-state index is 0.0653. The first-order valence-corrected chi connectivity index (χ1v) is 8.65. The highest BCUT2D eigenvalue weighted by Gasteiger charge is 2.04. The molecule has 0 saturated heterocycles. The maximum absolute atomic E-state index is 11.5. The fourth-order valence-corrected chi connectivity index (χ4v) is 2.52. The van der Waals surface area contributed by atoms with Crippen LogP contribution in [0.1, 0.15) is 76.7 Å². The van der Waals surface area contributed by atoms with E-state index in [9.17, 15) is 5.11 Å². The van der Waals surface area contributed by atoms with E-state index < -0.39 is 0 Å². The van der Waals surface area contributed by atoms with Crippen LogP contribution < -0.4 is 4.74 Å². The molecule has 0 spiro atoms. The molecule has 0 amide bonds. The third kappa shape index (κ3) is 7.99. The van der Waals surface area contributed by atoms with Gasteiger partial charge in [0.2, 0.25) is 0 Å². The molecular weight excluding hydrogens is 260 g/mol. The van der Waals surface area contributed by atoms with Crippen molar-refractivity contribution in [2.24, 2.45) is 0 Å². The summed E-state index contributed by atoms with van der Waals surface area (Å²) >= 11 is 0. The maximum atomic E-state index is 11.5. The summed E-state index contributed by atoms with van der Waals surface area (Å²) in [7, 11) is 0. The van der Waals surface area contributed by atoms with E-state index in [0.29, 0.717) is 0 Å². The first-order chi connectivity index (χ1) is 10.3. The van der Waals surface area contributed by atoms with Gasteiger partial charge in [-0.05, 0) is 25.5 Å². The SMILES string of the molecule is CCCCCCCCCCCCOc1cccc([O])c1C. The highest BCUT2D eigenvalue weighted by atomic mass is 16.5. The van der Waals surface area contributed by atoms with Gasteiger partial charge < -0.3 is 4.74 Å². The van der Waals surface area contributed by atoms with E-state index in [4.69, 9.17) is 4.74 Å². The zero-order chi connectivity index (χ0) is 15.3. The maximum Gasteiger partial charge on any atom is 0.185 e. The summed E-state index contributed by atoms with van der Waals surface area (Å²) < 4.78 is 5.69. The van der Waals surface area contributed by atoms with Gasteiger partial charge in [-0.15, -0.1) is 0 Å². The van der Waals surface area contributed by atoms with Gasteiger partial charge in [-0.1, -0.05) is 70.8 Å². The van der Waals surface area contributed by atoms with Crippen molar-refractivity contribution in [3.05, 3.63) is 23.8 Å². The van der Waals surface area contributed by atoms with Crippen LogP contribution in [0, 0.1) is 6.92 Å². The summed E-state index contributed by atoms with van der Waals surface area (Å²) in [4.78, 5) is 0. The number of benzene rings is 1. The van der Waals surface area contributed by atoms with E-state index in [1.54, 1.807) is 12.1 Å². The Hall–Kier alpha value is -1.18. The van der Waals surface area contributed by atoms with Gasteiger partial charge in [-0.3, -0.25) is 5.11 Å². The smallest absolute Gasteiger partial charge is 0.185 e. The van der Waals surface area contributed by atoms with Crippen molar-refractivity contribution in [2.75, 3.05) is 6.61 Å². The number of hydrogen-bond donors (Lipinski definition) is 0. The molecule has 0 bridgehead atoms. The van der Waals surface area contributed by atoms with E-state index in [-0.39, 0.29) is 5.75 Å². The van der Waals surface area contributed by atoms with E-state index in [1.165, 1.54) is 57.8 Å². The predicted octanol–water partition coefficient (Wildman–Crippen LogP) is 6.44. The van der Waals surface area contributed by atoms with E-state index in [1.807, 2.05) is 13.0 Å². The molecule has 119 valence electrons. The van der Waals surface area contributed by atoms with Gasteiger partial charge in [0.1, 0.15) is 5.75 Å². The minimum absolute atomic E-state index is 0.0653. The van der Waals surface area contributed by atoms with Crippen molar-refractivity contribution in [1.29, 1.82) is 0 Å². The van der Waals surface area contributed by atoms with Gasteiger partial charge in [-0.25, -0.2) is 0 Å². The third-order valence-corrected chi connectivity index (χ3v) is 3.99. The summed E-state index contributed by atoms with van der Waals surface area (Å²) in [5, 5.41) is 11.5. The summed E-state index contributed by atoms with van der Waals surface area (Å²) in [6.07, 6.45) is 13.3. The summed E-state index contributed by atoms with van der Waals surface area (Å²) in [6, 6.07) is 5.24. The summed E-state index contributed by atoms with van der Waals surface area (Å²) in [5.74, 6) is 0.814. The molecule has 0 atom stereocenters. The average Bonchev–Trinajstić information content (AvgIpc) is 2.49. The summed E-state index contributed by atoms with van der Waals surface area (Å²) in [6.45, 7) is 4.81. The highest BCUT2D eigenvalue weighted by Crippen LogP contribution is 2.26. The van der Waals surface area contributed by atoms with E-state index >= 15 is 0 Å². The second kappa shape index (κ2) is 11.5. The number of hydrogen-bond acceptors (Lipinski definition) is 1. The standard InChI is InChI=1S/C19H31O2/c1-3-4-5-6-7-8-9-10-11-12-16-21-19-15-13-14-18(20)17(19)2/h13-15H,3-12,16H2,1-2H3. The van der Waals surface area contributed by atoms with Crippen LogP contribution in [-0.2, 0) is 5.11 Å². The molecule has 2 nitrogen and oxygen atoms in total. The third-order valence-electron chi connectivity index (χ3n) is 3.99. The lowest BCUT2D eigenvalue weighted by molar-refractivity contribution is 0.295. The summed E-state index contributed by atoms with van der Waals surface area (Å²) in [5.41, 5.74) is 0.726. The van der Waals surface area contributed by atoms with Crippen molar-refractivity contribution in [3.63, 3.8) is 0 Å². The fraction of sp³-hybridized carbons (Fsp3) is 0.684. The molecule has 0 fully saturated rings. The molecule has 1 aromatic rings. The largest absolute Gasteiger partial charge is 0.493 e. The molecule has 0 N–H and O–H groups in total. The molecule has 0 aliphatic rings. The first kappa shape index (κ1) is 17.9. The van der Waals surface area contributed by atoms with Gasteiger partial charge in [0, 0.05) is 5.56 Å². The molecule has 1 radical (unpaired) electrons. The van der Waals surface area contributed by atoms with E-state index in [2.05, 4.69) is 6.92 Å². The second-order valence-corrected chi connectivity index (χ2v) is 5.91. The zero-order valence-corrected chi connectivity index (χ0v) is 13.8. The molecule has 0 aliphatic heterocycles. The lowest BCUT2D eigenvalue weighted by atomic mass is 10.1. The van der Waals surface area contributed by atoms with Crippen molar-refractivity contribution in [1.82, 2.24) is 0 Å². The van der Waals surface area contributed by atoms with Crippen LogP contribution in [0.2, 0.25) is 0 Å². The zero-order valence-electron chi connectivity index (χ0n) is 13.8. The number of ether oxygens (including phenoxy) is 1. The number of unbranched alkanes of at least 4 members (excludes halogenated alkanes) is 9. The fourth-order valence-electron chi connectivity index (χ4n) is 2.52. The van der Waals surface area contributed by atoms with Gasteiger partial charge in [0.15, 0.2) is 5.75 Å². The van der Waals surface area contributed by atoms with Gasteiger partial charge >= 0.3 is 0 Å². The Morgan fingerprint density at radius 2 is 1.43 bits per heavy atom. The molecule has 1 aromatic carbocycles. The molecule has 21 heavy (non-hydrogen) atoms. The molecule has 0 aromatic heterocycles. The normalized spacial score (nSPS) is 10.8. The van der Waals surface area contributed by atoms with Crippen LogP contribution in [-0.4, -0.2) is 6.61 Å². The average molecular weight is 291 g/mol. The Morgan fingerprint density at radius 1 is 0.857 bits per heavy atom.